The minimum atomic E-state index is -0.104. The van der Waals surface area contributed by atoms with Crippen LogP contribution in [-0.2, 0) is 4.79 Å². The van der Waals surface area contributed by atoms with E-state index in [1.807, 2.05) is 6.92 Å². The molecule has 0 aliphatic heterocycles. The second-order valence-corrected chi connectivity index (χ2v) is 9.83. The molecule has 7 atom stereocenters. The van der Waals surface area contributed by atoms with Crippen molar-refractivity contribution >= 4 is 5.78 Å². The Bertz CT molecular complexity index is 591. The number of aliphatic hydroxyl groups excluding tert-OH is 1. The standard InChI is InChI=1S/C22H34O2/c1-13-16-6-5-15-18-8-7-17(14(2)23)22(18,4)11-9-19(15)21(16,3)12-10-20(13)24/h13,16-18,20,24H,5-12H2,1-4H3/t13-,16?,17+,18?,20-,21-,22+/m0/s1. The van der Waals surface area contributed by atoms with Crippen LogP contribution in [0.2, 0.25) is 0 Å². The number of carbonyl (C=O) groups excluding carboxylic acids is 1. The maximum Gasteiger partial charge on any atom is 0.133 e. The van der Waals surface area contributed by atoms with E-state index in [1.54, 1.807) is 11.1 Å². The molecule has 2 heteroatoms. The number of hydrogen-bond acceptors (Lipinski definition) is 2. The second kappa shape index (κ2) is 5.43. The number of allylic oxidation sites excluding steroid dienone is 2. The van der Waals surface area contributed by atoms with Crippen molar-refractivity contribution < 1.29 is 9.90 Å². The van der Waals surface area contributed by atoms with Crippen molar-refractivity contribution in [1.82, 2.24) is 0 Å². The van der Waals surface area contributed by atoms with Crippen molar-refractivity contribution in [3.8, 4) is 0 Å². The topological polar surface area (TPSA) is 37.3 Å². The molecule has 0 aromatic carbocycles. The van der Waals surface area contributed by atoms with E-state index in [0.717, 1.165) is 19.3 Å². The van der Waals surface area contributed by atoms with E-state index >= 15 is 0 Å². The normalized spacial score (nSPS) is 51.0. The number of rotatable bonds is 1. The van der Waals surface area contributed by atoms with E-state index in [-0.39, 0.29) is 17.4 Å². The molecule has 134 valence electrons. The smallest absolute Gasteiger partial charge is 0.133 e. The molecule has 0 aromatic rings. The maximum absolute atomic E-state index is 12.2. The van der Waals surface area contributed by atoms with Gasteiger partial charge in [-0.15, -0.1) is 0 Å². The third-order valence-electron chi connectivity index (χ3n) is 8.98. The van der Waals surface area contributed by atoms with Gasteiger partial charge in [-0.1, -0.05) is 31.9 Å². The van der Waals surface area contributed by atoms with Crippen LogP contribution in [0.15, 0.2) is 11.1 Å². The van der Waals surface area contributed by atoms with Gasteiger partial charge in [-0.05, 0) is 86.9 Å². The third-order valence-corrected chi connectivity index (χ3v) is 8.98. The van der Waals surface area contributed by atoms with Crippen molar-refractivity contribution in [2.45, 2.75) is 85.2 Å². The second-order valence-electron chi connectivity index (χ2n) is 9.83. The lowest BCUT2D eigenvalue weighted by molar-refractivity contribution is -0.124. The Kier molecular flexibility index (Phi) is 3.81. The number of fused-ring (bicyclic) bond motifs is 4. The van der Waals surface area contributed by atoms with Gasteiger partial charge >= 0.3 is 0 Å². The SMILES string of the molecule is CC(=O)[C@H]1CCC2C3=C(CC[C@@]21C)[C@@]1(C)CC[C@H](O)[C@@H](C)C1CC3. The quantitative estimate of drug-likeness (QED) is 0.694. The first-order chi connectivity index (χ1) is 11.3. The molecule has 0 heterocycles. The Hall–Kier alpha value is -0.630. The summed E-state index contributed by atoms with van der Waals surface area (Å²) in [5, 5.41) is 10.4. The van der Waals surface area contributed by atoms with E-state index in [4.69, 9.17) is 0 Å². The van der Waals surface area contributed by atoms with Gasteiger partial charge in [0.05, 0.1) is 6.10 Å². The Morgan fingerprint density at radius 2 is 1.83 bits per heavy atom. The van der Waals surface area contributed by atoms with E-state index < -0.39 is 0 Å². The van der Waals surface area contributed by atoms with Crippen LogP contribution in [0.4, 0.5) is 0 Å². The highest BCUT2D eigenvalue weighted by Crippen LogP contribution is 2.65. The van der Waals surface area contributed by atoms with E-state index in [1.165, 1.54) is 32.1 Å². The Morgan fingerprint density at radius 3 is 2.54 bits per heavy atom. The zero-order chi connectivity index (χ0) is 17.3. The molecule has 24 heavy (non-hydrogen) atoms. The molecule has 2 saturated carbocycles. The average Bonchev–Trinajstić information content (AvgIpc) is 2.89. The zero-order valence-corrected chi connectivity index (χ0v) is 15.9. The molecule has 4 aliphatic rings. The Labute approximate surface area is 147 Å². The lowest BCUT2D eigenvalue weighted by atomic mass is 9.49. The highest BCUT2D eigenvalue weighted by molar-refractivity contribution is 5.79. The van der Waals surface area contributed by atoms with Crippen molar-refractivity contribution in [1.29, 1.82) is 0 Å². The van der Waals surface area contributed by atoms with Crippen LogP contribution in [0.3, 0.4) is 0 Å². The third kappa shape index (κ3) is 2.08. The molecule has 0 bridgehead atoms. The van der Waals surface area contributed by atoms with E-state index in [9.17, 15) is 9.90 Å². The number of carbonyl (C=O) groups is 1. The summed E-state index contributed by atoms with van der Waals surface area (Å²) < 4.78 is 0. The Morgan fingerprint density at radius 1 is 1.08 bits per heavy atom. The zero-order valence-electron chi connectivity index (χ0n) is 15.9. The van der Waals surface area contributed by atoms with Crippen LogP contribution >= 0.6 is 0 Å². The van der Waals surface area contributed by atoms with Crippen molar-refractivity contribution in [2.24, 2.45) is 34.5 Å². The summed E-state index contributed by atoms with van der Waals surface area (Å²) in [6.07, 6.45) is 9.18. The van der Waals surface area contributed by atoms with Crippen LogP contribution < -0.4 is 0 Å². The van der Waals surface area contributed by atoms with Gasteiger partial charge < -0.3 is 5.11 Å². The summed E-state index contributed by atoms with van der Waals surface area (Å²) >= 11 is 0. The van der Waals surface area contributed by atoms with Crippen LogP contribution in [0.5, 0.6) is 0 Å². The lowest BCUT2D eigenvalue weighted by Gasteiger charge is -2.56. The molecule has 2 unspecified atom stereocenters. The number of ketones is 1. The highest BCUT2D eigenvalue weighted by Gasteiger charge is 2.56. The van der Waals surface area contributed by atoms with Crippen molar-refractivity contribution in [3.63, 3.8) is 0 Å². The summed E-state index contributed by atoms with van der Waals surface area (Å²) in [7, 11) is 0. The first-order valence-corrected chi connectivity index (χ1v) is 10.2. The minimum Gasteiger partial charge on any atom is -0.393 e. The molecule has 2 nitrogen and oxygen atoms in total. The first-order valence-electron chi connectivity index (χ1n) is 10.2. The molecule has 1 N–H and O–H groups in total. The van der Waals surface area contributed by atoms with E-state index in [2.05, 4.69) is 20.8 Å². The fourth-order valence-electron chi connectivity index (χ4n) is 7.58. The largest absolute Gasteiger partial charge is 0.393 e. The Balaban J connectivity index is 1.73. The van der Waals surface area contributed by atoms with Gasteiger partial charge in [-0.3, -0.25) is 4.79 Å². The fraction of sp³-hybridized carbons (Fsp3) is 0.864. The predicted molar refractivity (Wildman–Crippen MR) is 96.5 cm³/mol. The molecule has 0 spiro atoms. The van der Waals surface area contributed by atoms with Gasteiger partial charge in [-0.25, -0.2) is 0 Å². The monoisotopic (exact) mass is 330 g/mol. The van der Waals surface area contributed by atoms with Gasteiger partial charge in [0.25, 0.3) is 0 Å². The number of Topliss-reactive ketones (excluding diaryl/α,β-unsaturated/α-hetero) is 1. The van der Waals surface area contributed by atoms with Gasteiger partial charge in [0.1, 0.15) is 5.78 Å². The number of aliphatic hydroxyl groups is 1. The van der Waals surface area contributed by atoms with Crippen LogP contribution in [-0.4, -0.2) is 17.0 Å². The molecule has 0 saturated heterocycles. The summed E-state index contributed by atoms with van der Waals surface area (Å²) in [6, 6.07) is 0. The van der Waals surface area contributed by atoms with Crippen LogP contribution in [0.1, 0.15) is 79.1 Å². The number of hydrogen-bond donors (Lipinski definition) is 1. The fourth-order valence-corrected chi connectivity index (χ4v) is 7.58. The van der Waals surface area contributed by atoms with Crippen LogP contribution in [0, 0.1) is 34.5 Å². The minimum absolute atomic E-state index is 0.104. The molecular weight excluding hydrogens is 296 g/mol. The summed E-state index contributed by atoms with van der Waals surface area (Å²) in [5.41, 5.74) is 4.02. The van der Waals surface area contributed by atoms with Gasteiger partial charge in [0, 0.05) is 5.92 Å². The summed E-state index contributed by atoms with van der Waals surface area (Å²) in [5.74, 6) is 2.43. The lowest BCUT2D eigenvalue weighted by Crippen LogP contribution is -2.49. The van der Waals surface area contributed by atoms with Gasteiger partial charge in [0.15, 0.2) is 0 Å². The molecule has 0 radical (unpaired) electrons. The summed E-state index contributed by atoms with van der Waals surface area (Å²) in [6.45, 7) is 8.98. The van der Waals surface area contributed by atoms with Crippen molar-refractivity contribution in [2.75, 3.05) is 0 Å². The van der Waals surface area contributed by atoms with Crippen molar-refractivity contribution in [3.05, 3.63) is 11.1 Å². The van der Waals surface area contributed by atoms with Crippen LogP contribution in [0.25, 0.3) is 0 Å². The molecule has 0 aromatic heterocycles. The maximum atomic E-state index is 12.2. The average molecular weight is 331 g/mol. The molecule has 4 aliphatic carbocycles. The predicted octanol–water partition coefficient (Wildman–Crippen LogP) is 4.91. The molecular formula is C22H34O2. The molecule has 0 amide bonds. The van der Waals surface area contributed by atoms with E-state index in [0.29, 0.717) is 29.0 Å². The molecule has 2 fully saturated rings. The highest BCUT2D eigenvalue weighted by atomic mass is 16.3. The summed E-state index contributed by atoms with van der Waals surface area (Å²) in [4.78, 5) is 12.2. The van der Waals surface area contributed by atoms with Gasteiger partial charge in [0.2, 0.25) is 0 Å². The molecule has 4 rings (SSSR count). The first kappa shape index (κ1) is 16.8. The van der Waals surface area contributed by atoms with Gasteiger partial charge in [-0.2, -0.15) is 0 Å².